The molecule has 0 aromatic carbocycles. The summed E-state index contributed by atoms with van der Waals surface area (Å²) in [5.74, 6) is -0.544. The molecule has 2 heterocycles. The molecule has 0 fully saturated rings. The molecule has 76 valence electrons. The molecule has 0 amide bonds. The fraction of sp³-hybridized carbons (Fsp3) is 0. The maximum Gasteiger partial charge on any atom is 0.354 e. The van der Waals surface area contributed by atoms with E-state index in [1.54, 1.807) is 29.4 Å². The number of carbonyl (C=O) groups is 1. The number of imidazole rings is 1. The highest BCUT2D eigenvalue weighted by Crippen LogP contribution is 2.15. The zero-order chi connectivity index (χ0) is 10.8. The molecule has 5 nitrogen and oxygen atoms in total. The summed E-state index contributed by atoms with van der Waals surface area (Å²) in [4.78, 5) is 18.6. The van der Waals surface area contributed by atoms with Crippen LogP contribution in [0.25, 0.3) is 5.82 Å². The Bertz CT molecular complexity index is 496. The molecule has 0 aliphatic rings. The summed E-state index contributed by atoms with van der Waals surface area (Å²) >= 11 is 3.23. The highest BCUT2D eigenvalue weighted by molar-refractivity contribution is 9.10. The van der Waals surface area contributed by atoms with Gasteiger partial charge in [-0.3, -0.25) is 4.57 Å². The number of carboxylic acid groups (broad SMARTS) is 1. The average molecular weight is 268 g/mol. The van der Waals surface area contributed by atoms with Gasteiger partial charge in [0.05, 0.1) is 0 Å². The van der Waals surface area contributed by atoms with Crippen LogP contribution in [0.5, 0.6) is 0 Å². The lowest BCUT2D eigenvalue weighted by atomic mass is 10.3. The van der Waals surface area contributed by atoms with E-state index in [1.165, 1.54) is 6.07 Å². The van der Waals surface area contributed by atoms with Crippen LogP contribution in [0.3, 0.4) is 0 Å². The summed E-state index contributed by atoms with van der Waals surface area (Å²) in [6.45, 7) is 0. The summed E-state index contributed by atoms with van der Waals surface area (Å²) < 4.78 is 2.30. The third-order valence-corrected chi connectivity index (χ3v) is 2.22. The predicted octanol–water partition coefficient (Wildman–Crippen LogP) is 1.73. The highest BCUT2D eigenvalue weighted by atomic mass is 79.9. The molecule has 0 bridgehead atoms. The number of nitrogens with zero attached hydrogens (tertiary/aromatic N) is 3. The van der Waals surface area contributed by atoms with Crippen LogP contribution in [0.2, 0.25) is 0 Å². The predicted molar refractivity (Wildman–Crippen MR) is 56.0 cm³/mol. The van der Waals surface area contributed by atoms with Crippen LogP contribution in [-0.4, -0.2) is 25.6 Å². The largest absolute Gasteiger partial charge is 0.477 e. The van der Waals surface area contributed by atoms with Gasteiger partial charge in [0.25, 0.3) is 0 Å². The topological polar surface area (TPSA) is 68.0 Å². The average Bonchev–Trinajstić information content (AvgIpc) is 2.69. The standard InChI is InChI=1S/C9H6BrN3O2/c10-6-3-7(9(14)15)12-8(4-6)13-2-1-11-5-13/h1-5H,(H,14,15). The van der Waals surface area contributed by atoms with Crippen LogP contribution >= 0.6 is 15.9 Å². The van der Waals surface area contributed by atoms with Crippen LogP contribution in [0, 0.1) is 0 Å². The molecule has 0 spiro atoms. The van der Waals surface area contributed by atoms with Crippen LogP contribution < -0.4 is 0 Å². The Morgan fingerprint density at radius 1 is 1.47 bits per heavy atom. The van der Waals surface area contributed by atoms with Gasteiger partial charge < -0.3 is 5.11 Å². The van der Waals surface area contributed by atoms with Crippen molar-refractivity contribution >= 4 is 21.9 Å². The van der Waals surface area contributed by atoms with E-state index in [-0.39, 0.29) is 5.69 Å². The molecule has 1 N–H and O–H groups in total. The van der Waals surface area contributed by atoms with Gasteiger partial charge in [-0.15, -0.1) is 0 Å². The minimum absolute atomic E-state index is 0.00641. The Hall–Kier alpha value is -1.69. The van der Waals surface area contributed by atoms with Crippen molar-refractivity contribution in [2.24, 2.45) is 0 Å². The van der Waals surface area contributed by atoms with E-state index >= 15 is 0 Å². The molecular formula is C9H6BrN3O2. The lowest BCUT2D eigenvalue weighted by Crippen LogP contribution is -2.04. The molecule has 0 saturated carbocycles. The molecule has 2 aromatic heterocycles. The van der Waals surface area contributed by atoms with E-state index < -0.39 is 5.97 Å². The van der Waals surface area contributed by atoms with Crippen LogP contribution in [0.15, 0.2) is 35.3 Å². The van der Waals surface area contributed by atoms with Gasteiger partial charge in [-0.2, -0.15) is 0 Å². The van der Waals surface area contributed by atoms with Gasteiger partial charge in [-0.25, -0.2) is 14.8 Å². The molecule has 0 atom stereocenters. The fourth-order valence-electron chi connectivity index (χ4n) is 1.12. The zero-order valence-corrected chi connectivity index (χ0v) is 9.05. The van der Waals surface area contributed by atoms with Crippen molar-refractivity contribution in [1.29, 1.82) is 0 Å². The second kappa shape index (κ2) is 3.82. The third-order valence-electron chi connectivity index (χ3n) is 1.76. The number of carboxylic acids is 1. The maximum absolute atomic E-state index is 10.8. The van der Waals surface area contributed by atoms with Crippen molar-refractivity contribution in [3.05, 3.63) is 41.0 Å². The first-order valence-corrected chi connectivity index (χ1v) is 4.85. The SMILES string of the molecule is O=C(O)c1cc(Br)cc(-n2ccnc2)n1. The first kappa shape index (κ1) is 9.85. The van der Waals surface area contributed by atoms with Gasteiger partial charge in [0.1, 0.15) is 12.1 Å². The fourth-order valence-corrected chi connectivity index (χ4v) is 1.54. The Labute approximate surface area is 93.5 Å². The van der Waals surface area contributed by atoms with Crippen molar-refractivity contribution < 1.29 is 9.90 Å². The lowest BCUT2D eigenvalue weighted by molar-refractivity contribution is 0.0690. The summed E-state index contributed by atoms with van der Waals surface area (Å²) in [5.41, 5.74) is -0.00641. The van der Waals surface area contributed by atoms with Gasteiger partial charge >= 0.3 is 5.97 Å². The molecule has 0 aliphatic carbocycles. The van der Waals surface area contributed by atoms with Crippen molar-refractivity contribution in [2.75, 3.05) is 0 Å². The van der Waals surface area contributed by atoms with Crippen LogP contribution in [0.1, 0.15) is 10.5 Å². The van der Waals surface area contributed by atoms with Crippen molar-refractivity contribution in [2.45, 2.75) is 0 Å². The minimum Gasteiger partial charge on any atom is -0.477 e. The van der Waals surface area contributed by atoms with Crippen LogP contribution in [-0.2, 0) is 0 Å². The molecule has 15 heavy (non-hydrogen) atoms. The summed E-state index contributed by atoms with van der Waals surface area (Å²) in [5, 5.41) is 8.82. The highest BCUT2D eigenvalue weighted by Gasteiger charge is 2.08. The third kappa shape index (κ3) is 2.04. The Balaban J connectivity index is 2.54. The van der Waals surface area contributed by atoms with Gasteiger partial charge in [-0.05, 0) is 12.1 Å². The van der Waals surface area contributed by atoms with E-state index in [1.807, 2.05) is 0 Å². The Morgan fingerprint density at radius 3 is 2.87 bits per heavy atom. The van der Waals surface area contributed by atoms with Gasteiger partial charge in [0.2, 0.25) is 0 Å². The summed E-state index contributed by atoms with van der Waals surface area (Å²) in [6.07, 6.45) is 4.85. The Kier molecular flexibility index (Phi) is 2.51. The molecule has 2 rings (SSSR count). The van der Waals surface area contributed by atoms with Gasteiger partial charge in [0.15, 0.2) is 5.69 Å². The molecule has 6 heteroatoms. The van der Waals surface area contributed by atoms with Crippen molar-refractivity contribution in [1.82, 2.24) is 14.5 Å². The van der Waals surface area contributed by atoms with Gasteiger partial charge in [-0.1, -0.05) is 15.9 Å². The smallest absolute Gasteiger partial charge is 0.354 e. The quantitative estimate of drug-likeness (QED) is 0.900. The number of rotatable bonds is 2. The lowest BCUT2D eigenvalue weighted by Gasteiger charge is -2.03. The molecule has 0 aliphatic heterocycles. The summed E-state index contributed by atoms with van der Waals surface area (Å²) in [7, 11) is 0. The van der Waals surface area contributed by atoms with E-state index in [4.69, 9.17) is 5.11 Å². The second-order valence-corrected chi connectivity index (χ2v) is 3.72. The number of pyridine rings is 1. The first-order chi connectivity index (χ1) is 7.16. The molecule has 2 aromatic rings. The Morgan fingerprint density at radius 2 is 2.27 bits per heavy atom. The number of halogens is 1. The van der Waals surface area contributed by atoms with E-state index in [9.17, 15) is 4.79 Å². The van der Waals surface area contributed by atoms with Crippen LogP contribution in [0.4, 0.5) is 0 Å². The molecule has 0 radical (unpaired) electrons. The summed E-state index contributed by atoms with van der Waals surface area (Å²) in [6, 6.07) is 3.16. The maximum atomic E-state index is 10.8. The zero-order valence-electron chi connectivity index (χ0n) is 7.46. The molecule has 0 saturated heterocycles. The monoisotopic (exact) mass is 267 g/mol. The van der Waals surface area contributed by atoms with Crippen molar-refractivity contribution in [3.8, 4) is 5.82 Å². The van der Waals surface area contributed by atoms with Crippen molar-refractivity contribution in [3.63, 3.8) is 0 Å². The number of aromatic nitrogens is 3. The molecule has 0 unspecified atom stereocenters. The normalized spacial score (nSPS) is 10.2. The molecular weight excluding hydrogens is 262 g/mol. The number of aromatic carboxylic acids is 1. The second-order valence-electron chi connectivity index (χ2n) is 2.80. The number of hydrogen-bond donors (Lipinski definition) is 1. The van der Waals surface area contributed by atoms with E-state index in [2.05, 4.69) is 25.9 Å². The van der Waals surface area contributed by atoms with E-state index in [0.29, 0.717) is 10.3 Å². The van der Waals surface area contributed by atoms with Gasteiger partial charge in [0, 0.05) is 16.9 Å². The number of hydrogen-bond acceptors (Lipinski definition) is 3. The minimum atomic E-state index is -1.06. The van der Waals surface area contributed by atoms with E-state index in [0.717, 1.165) is 0 Å². The first-order valence-electron chi connectivity index (χ1n) is 4.06.